The van der Waals surface area contributed by atoms with E-state index in [0.717, 1.165) is 18.6 Å². The van der Waals surface area contributed by atoms with Gasteiger partial charge in [-0.25, -0.2) is 4.79 Å². The first-order chi connectivity index (χ1) is 8.26. The minimum atomic E-state index is -0.216. The highest BCUT2D eigenvalue weighted by Gasteiger charge is 2.54. The van der Waals surface area contributed by atoms with E-state index < -0.39 is 0 Å². The van der Waals surface area contributed by atoms with Crippen LogP contribution in [0.25, 0.3) is 0 Å². The Hall–Kier alpha value is -1.71. The first-order valence-corrected chi connectivity index (χ1v) is 5.77. The van der Waals surface area contributed by atoms with E-state index in [1.807, 2.05) is 17.0 Å². The number of hydrogen-bond donors (Lipinski definition) is 0. The summed E-state index contributed by atoms with van der Waals surface area (Å²) in [7, 11) is 3.12. The van der Waals surface area contributed by atoms with E-state index in [0.29, 0.717) is 12.1 Å². The lowest BCUT2D eigenvalue weighted by atomic mass is 9.91. The third kappa shape index (κ3) is 1.47. The zero-order chi connectivity index (χ0) is 12.0. The lowest BCUT2D eigenvalue weighted by Crippen LogP contribution is -2.14. The van der Waals surface area contributed by atoms with Crippen molar-refractivity contribution in [3.63, 3.8) is 0 Å². The van der Waals surface area contributed by atoms with Crippen molar-refractivity contribution in [3.05, 3.63) is 29.3 Å². The molecule has 4 nitrogen and oxygen atoms in total. The number of hydrogen-bond acceptors (Lipinski definition) is 3. The highest BCUT2D eigenvalue weighted by Crippen LogP contribution is 2.42. The molecule has 0 aromatic heterocycles. The van der Waals surface area contributed by atoms with E-state index in [-0.39, 0.29) is 6.09 Å². The van der Waals surface area contributed by atoms with Crippen molar-refractivity contribution in [3.8, 4) is 5.75 Å². The van der Waals surface area contributed by atoms with Gasteiger partial charge in [0.2, 0.25) is 0 Å². The quantitative estimate of drug-likeness (QED) is 0.692. The molecule has 1 aliphatic carbocycles. The summed E-state index contributed by atoms with van der Waals surface area (Å²) in [6, 6.07) is 6.71. The molecule has 1 fully saturated rings. The van der Waals surface area contributed by atoms with Crippen molar-refractivity contribution < 1.29 is 14.3 Å². The molecule has 90 valence electrons. The molecule has 4 heteroatoms. The predicted octanol–water partition coefficient (Wildman–Crippen LogP) is 1.61. The fourth-order valence-electron chi connectivity index (χ4n) is 2.84. The average molecular weight is 233 g/mol. The number of nitrogens with zero attached hydrogens (tertiary/aromatic N) is 1. The van der Waals surface area contributed by atoms with E-state index in [1.165, 1.54) is 18.2 Å². The molecule has 0 N–H and O–H groups in total. The Labute approximate surface area is 100 Å². The van der Waals surface area contributed by atoms with Crippen molar-refractivity contribution in [2.24, 2.45) is 0 Å². The lowest BCUT2D eigenvalue weighted by molar-refractivity contribution is 0.150. The van der Waals surface area contributed by atoms with Crippen LogP contribution in [0.4, 0.5) is 4.79 Å². The minimum Gasteiger partial charge on any atom is -0.496 e. The number of carbonyl (C=O) groups excluding carboxylic acids is 1. The summed E-state index contributed by atoms with van der Waals surface area (Å²) in [5, 5.41) is 0. The molecule has 0 spiro atoms. The normalized spacial score (nSPS) is 24.7. The van der Waals surface area contributed by atoms with Gasteiger partial charge in [-0.1, -0.05) is 12.1 Å². The first-order valence-electron chi connectivity index (χ1n) is 5.77. The number of benzene rings is 1. The fourth-order valence-corrected chi connectivity index (χ4v) is 2.84. The summed E-state index contributed by atoms with van der Waals surface area (Å²) in [6.45, 7) is 0. The van der Waals surface area contributed by atoms with Gasteiger partial charge >= 0.3 is 6.09 Å². The van der Waals surface area contributed by atoms with Crippen molar-refractivity contribution >= 4 is 6.09 Å². The van der Waals surface area contributed by atoms with Crippen LogP contribution in [-0.2, 0) is 17.6 Å². The minimum absolute atomic E-state index is 0.216. The van der Waals surface area contributed by atoms with Gasteiger partial charge in [0.15, 0.2) is 0 Å². The second kappa shape index (κ2) is 3.65. The molecule has 2 atom stereocenters. The van der Waals surface area contributed by atoms with Gasteiger partial charge in [-0.2, -0.15) is 0 Å². The van der Waals surface area contributed by atoms with Gasteiger partial charge in [0, 0.05) is 0 Å². The molecular formula is C13H15NO3. The Morgan fingerprint density at radius 3 is 2.76 bits per heavy atom. The molecule has 1 aromatic carbocycles. The van der Waals surface area contributed by atoms with E-state index in [9.17, 15) is 4.79 Å². The Morgan fingerprint density at radius 2 is 2.06 bits per heavy atom. The Morgan fingerprint density at radius 1 is 1.29 bits per heavy atom. The van der Waals surface area contributed by atoms with Crippen LogP contribution >= 0.6 is 0 Å². The van der Waals surface area contributed by atoms with Gasteiger partial charge in [-0.3, -0.25) is 4.90 Å². The topological polar surface area (TPSA) is 38.5 Å². The van der Waals surface area contributed by atoms with Crippen molar-refractivity contribution in [2.45, 2.75) is 24.9 Å². The second-order valence-corrected chi connectivity index (χ2v) is 4.52. The van der Waals surface area contributed by atoms with Crippen LogP contribution in [-0.4, -0.2) is 37.3 Å². The molecule has 0 radical (unpaired) electrons. The summed E-state index contributed by atoms with van der Waals surface area (Å²) >= 11 is 0. The van der Waals surface area contributed by atoms with Crippen molar-refractivity contribution in [2.75, 3.05) is 14.2 Å². The number of ether oxygens (including phenoxy) is 2. The summed E-state index contributed by atoms with van der Waals surface area (Å²) in [4.78, 5) is 13.3. The number of rotatable bonds is 1. The van der Waals surface area contributed by atoms with Crippen molar-refractivity contribution in [1.82, 2.24) is 4.90 Å². The van der Waals surface area contributed by atoms with Crippen LogP contribution in [0.5, 0.6) is 5.75 Å². The molecule has 1 heterocycles. The maximum atomic E-state index is 11.5. The highest BCUT2D eigenvalue weighted by atomic mass is 16.5. The van der Waals surface area contributed by atoms with Crippen LogP contribution in [0.15, 0.2) is 18.2 Å². The SMILES string of the molecule is COC(=O)N1[C@@H]2Cc3cccc(OC)c3C[C@@H]21. The Bertz CT molecular complexity index is 472. The molecule has 2 aliphatic rings. The molecule has 0 saturated carbocycles. The Kier molecular flexibility index (Phi) is 2.24. The molecule has 17 heavy (non-hydrogen) atoms. The maximum Gasteiger partial charge on any atom is 0.410 e. The van der Waals surface area contributed by atoms with Gasteiger partial charge in [0.25, 0.3) is 0 Å². The van der Waals surface area contributed by atoms with Crippen LogP contribution in [0.1, 0.15) is 11.1 Å². The molecular weight excluding hydrogens is 218 g/mol. The molecule has 3 rings (SSSR count). The zero-order valence-electron chi connectivity index (χ0n) is 9.97. The van der Waals surface area contributed by atoms with Gasteiger partial charge in [0.1, 0.15) is 5.75 Å². The van der Waals surface area contributed by atoms with Crippen molar-refractivity contribution in [1.29, 1.82) is 0 Å². The van der Waals surface area contributed by atoms with Crippen LogP contribution < -0.4 is 4.74 Å². The van der Waals surface area contributed by atoms with Crippen LogP contribution in [0.3, 0.4) is 0 Å². The summed E-state index contributed by atoms with van der Waals surface area (Å²) < 4.78 is 10.1. The van der Waals surface area contributed by atoms with Gasteiger partial charge in [-0.05, 0) is 30.0 Å². The van der Waals surface area contributed by atoms with E-state index in [4.69, 9.17) is 9.47 Å². The second-order valence-electron chi connectivity index (χ2n) is 4.52. The lowest BCUT2D eigenvalue weighted by Gasteiger charge is -2.15. The zero-order valence-corrected chi connectivity index (χ0v) is 9.97. The van der Waals surface area contributed by atoms with Gasteiger partial charge in [0.05, 0.1) is 26.3 Å². The van der Waals surface area contributed by atoms with Crippen LogP contribution in [0.2, 0.25) is 0 Å². The van der Waals surface area contributed by atoms with Gasteiger partial charge in [-0.15, -0.1) is 0 Å². The molecule has 0 bridgehead atoms. The summed E-state index contributed by atoms with van der Waals surface area (Å²) in [5.74, 6) is 0.928. The summed E-state index contributed by atoms with van der Waals surface area (Å²) in [6.07, 6.45) is 1.57. The number of fused-ring (bicyclic) bond motifs is 2. The van der Waals surface area contributed by atoms with E-state index in [1.54, 1.807) is 7.11 Å². The largest absolute Gasteiger partial charge is 0.496 e. The predicted molar refractivity (Wildman–Crippen MR) is 62.2 cm³/mol. The third-order valence-electron chi connectivity index (χ3n) is 3.75. The highest BCUT2D eigenvalue weighted by molar-refractivity contribution is 5.73. The number of carbonyl (C=O) groups is 1. The standard InChI is InChI=1S/C13H15NO3/c1-16-12-5-3-4-8-6-10-11(7-9(8)12)14(10)13(15)17-2/h3-5,10-11H,6-7H2,1-2H3/t10-,11+,14?/m1/s1. The van der Waals surface area contributed by atoms with Gasteiger partial charge < -0.3 is 9.47 Å². The monoisotopic (exact) mass is 233 g/mol. The first kappa shape index (κ1) is 10.4. The molecule has 0 unspecified atom stereocenters. The molecule has 1 amide bonds. The van der Waals surface area contributed by atoms with E-state index in [2.05, 4.69) is 6.07 Å². The Balaban J connectivity index is 1.87. The summed E-state index contributed by atoms with van der Waals surface area (Å²) in [5.41, 5.74) is 2.53. The van der Waals surface area contributed by atoms with E-state index >= 15 is 0 Å². The fraction of sp³-hybridized carbons (Fsp3) is 0.462. The molecule has 1 saturated heterocycles. The number of methoxy groups -OCH3 is 2. The molecule has 1 aliphatic heterocycles. The van der Waals surface area contributed by atoms with Crippen LogP contribution in [0, 0.1) is 0 Å². The average Bonchev–Trinajstić information content (AvgIpc) is 3.07. The molecule has 1 aromatic rings. The maximum absolute atomic E-state index is 11.5. The smallest absolute Gasteiger partial charge is 0.410 e. The number of amides is 1. The third-order valence-corrected chi connectivity index (χ3v) is 3.75.